The molecule has 4 amide bonds. The Morgan fingerprint density at radius 2 is 1.86 bits per heavy atom. The van der Waals surface area contributed by atoms with Crippen LogP contribution in [0.15, 0.2) is 18.2 Å². The average molecular weight is 382 g/mol. The number of amides is 4. The summed E-state index contributed by atoms with van der Waals surface area (Å²) in [5.41, 5.74) is 1.72. The van der Waals surface area contributed by atoms with Crippen LogP contribution in [-0.2, 0) is 9.59 Å². The molecule has 3 aliphatic heterocycles. The van der Waals surface area contributed by atoms with Crippen LogP contribution in [0, 0.1) is 5.92 Å². The van der Waals surface area contributed by atoms with E-state index in [0.717, 1.165) is 30.1 Å². The summed E-state index contributed by atoms with van der Waals surface area (Å²) in [6.45, 7) is 1.87. The van der Waals surface area contributed by atoms with Crippen LogP contribution in [0.1, 0.15) is 52.8 Å². The van der Waals surface area contributed by atoms with Crippen LogP contribution < -0.4 is 16.0 Å². The third-order valence-electron chi connectivity index (χ3n) is 6.53. The highest BCUT2D eigenvalue weighted by molar-refractivity contribution is 6.23. The van der Waals surface area contributed by atoms with Crippen molar-refractivity contribution in [2.75, 3.05) is 18.4 Å². The Morgan fingerprint density at radius 1 is 1.07 bits per heavy atom. The number of hydrogen-bond donors (Lipinski definition) is 3. The summed E-state index contributed by atoms with van der Waals surface area (Å²) in [5.74, 6) is -1.35. The first kappa shape index (κ1) is 17.4. The Kier molecular flexibility index (Phi) is 3.80. The summed E-state index contributed by atoms with van der Waals surface area (Å²) in [6.07, 6.45) is 3.86. The largest absolute Gasteiger partial charge is 0.385 e. The van der Waals surface area contributed by atoms with Crippen LogP contribution in [0.4, 0.5) is 5.69 Å². The van der Waals surface area contributed by atoms with Gasteiger partial charge in [-0.3, -0.25) is 29.4 Å². The highest BCUT2D eigenvalue weighted by Crippen LogP contribution is 2.47. The molecule has 1 saturated carbocycles. The smallest absolute Gasteiger partial charge is 0.262 e. The minimum Gasteiger partial charge on any atom is -0.385 e. The maximum atomic E-state index is 12.9. The lowest BCUT2D eigenvalue weighted by molar-refractivity contribution is -0.136. The lowest BCUT2D eigenvalue weighted by Gasteiger charge is -2.27. The van der Waals surface area contributed by atoms with Crippen molar-refractivity contribution in [2.24, 2.45) is 5.92 Å². The molecule has 2 unspecified atom stereocenters. The predicted molar refractivity (Wildman–Crippen MR) is 99.7 cm³/mol. The number of hydrogen-bond acceptors (Lipinski definition) is 6. The number of piperidine rings is 1. The van der Waals surface area contributed by atoms with E-state index in [0.29, 0.717) is 22.6 Å². The van der Waals surface area contributed by atoms with E-state index in [9.17, 15) is 19.2 Å². The van der Waals surface area contributed by atoms with Crippen molar-refractivity contribution in [1.82, 2.24) is 15.5 Å². The minimum atomic E-state index is -0.930. The van der Waals surface area contributed by atoms with Gasteiger partial charge >= 0.3 is 0 Å². The predicted octanol–water partition coefficient (Wildman–Crippen LogP) is 0.642. The number of fused-ring (bicyclic) bond motifs is 1. The summed E-state index contributed by atoms with van der Waals surface area (Å²) >= 11 is 0. The van der Waals surface area contributed by atoms with Crippen LogP contribution in [0.5, 0.6) is 0 Å². The van der Waals surface area contributed by atoms with Gasteiger partial charge < -0.3 is 10.6 Å². The Labute approximate surface area is 162 Å². The Balaban J connectivity index is 1.33. The molecular weight excluding hydrogens is 360 g/mol. The average Bonchev–Trinajstić information content (AvgIpc) is 3.28. The second-order valence-corrected chi connectivity index (χ2v) is 8.16. The zero-order valence-corrected chi connectivity index (χ0v) is 15.4. The van der Waals surface area contributed by atoms with E-state index in [-0.39, 0.29) is 18.7 Å². The summed E-state index contributed by atoms with van der Waals surface area (Å²) in [4.78, 5) is 50.1. The van der Waals surface area contributed by atoms with Crippen molar-refractivity contribution in [1.29, 1.82) is 0 Å². The van der Waals surface area contributed by atoms with Crippen molar-refractivity contribution < 1.29 is 19.2 Å². The third kappa shape index (κ3) is 2.63. The van der Waals surface area contributed by atoms with Gasteiger partial charge in [-0.25, -0.2) is 0 Å². The summed E-state index contributed by atoms with van der Waals surface area (Å²) in [7, 11) is 0. The fourth-order valence-electron chi connectivity index (χ4n) is 4.76. The van der Waals surface area contributed by atoms with Crippen LogP contribution in [0.3, 0.4) is 0 Å². The van der Waals surface area contributed by atoms with Crippen molar-refractivity contribution in [3.63, 3.8) is 0 Å². The van der Waals surface area contributed by atoms with Crippen LogP contribution in [0.2, 0.25) is 0 Å². The number of rotatable bonds is 4. The van der Waals surface area contributed by atoms with Gasteiger partial charge in [0.15, 0.2) is 0 Å². The number of imide groups is 2. The summed E-state index contributed by atoms with van der Waals surface area (Å²) in [5, 5.41) is 9.21. The van der Waals surface area contributed by atoms with Crippen LogP contribution in [-0.4, -0.2) is 53.2 Å². The molecule has 8 nitrogen and oxygen atoms in total. The molecule has 28 heavy (non-hydrogen) atoms. The molecule has 3 heterocycles. The van der Waals surface area contributed by atoms with Gasteiger partial charge in [0.1, 0.15) is 6.04 Å². The third-order valence-corrected chi connectivity index (χ3v) is 6.53. The first-order chi connectivity index (χ1) is 13.5. The summed E-state index contributed by atoms with van der Waals surface area (Å²) in [6, 6.07) is 4.22. The molecule has 8 heteroatoms. The number of carbonyl (C=O) groups is 4. The molecule has 0 bridgehead atoms. The first-order valence-electron chi connectivity index (χ1n) is 9.83. The Morgan fingerprint density at radius 3 is 2.61 bits per heavy atom. The summed E-state index contributed by atoms with van der Waals surface area (Å²) < 4.78 is 0. The first-order valence-corrected chi connectivity index (χ1v) is 9.83. The van der Waals surface area contributed by atoms with Gasteiger partial charge in [-0.05, 0) is 56.3 Å². The second-order valence-electron chi connectivity index (χ2n) is 8.16. The van der Waals surface area contributed by atoms with Crippen LogP contribution in [0.25, 0.3) is 0 Å². The van der Waals surface area contributed by atoms with E-state index in [1.54, 1.807) is 18.2 Å². The van der Waals surface area contributed by atoms with Gasteiger partial charge in [0.25, 0.3) is 11.8 Å². The van der Waals surface area contributed by atoms with Crippen molar-refractivity contribution in [3.8, 4) is 0 Å². The van der Waals surface area contributed by atoms with E-state index in [4.69, 9.17) is 0 Å². The molecule has 3 fully saturated rings. The standard InChI is InChI=1S/C20H22N4O4/c25-16-4-3-15(17(26)23-16)24-18(27)13-2-1-12(9-14(13)19(24)28)21-10-11-5-8-22-20(11)6-7-20/h1-2,9,11,15,21-22H,3-8,10H2,(H,23,25,26). The number of anilines is 1. The molecule has 1 aromatic carbocycles. The van der Waals surface area contributed by atoms with E-state index < -0.39 is 23.8 Å². The fraction of sp³-hybridized carbons (Fsp3) is 0.500. The van der Waals surface area contributed by atoms with Gasteiger partial charge in [-0.15, -0.1) is 0 Å². The van der Waals surface area contributed by atoms with E-state index >= 15 is 0 Å². The lowest BCUT2D eigenvalue weighted by Crippen LogP contribution is -2.54. The number of nitrogens with one attached hydrogen (secondary N) is 3. The normalized spacial score (nSPS) is 27.9. The minimum absolute atomic E-state index is 0.119. The number of benzene rings is 1. The van der Waals surface area contributed by atoms with E-state index in [1.807, 2.05) is 0 Å². The van der Waals surface area contributed by atoms with Gasteiger partial charge in [-0.2, -0.15) is 0 Å². The van der Waals surface area contributed by atoms with Crippen LogP contribution >= 0.6 is 0 Å². The topological polar surface area (TPSA) is 108 Å². The maximum absolute atomic E-state index is 12.9. The Hall–Kier alpha value is -2.74. The van der Waals surface area contributed by atoms with E-state index in [1.165, 1.54) is 12.8 Å². The molecule has 2 saturated heterocycles. The Bertz CT molecular complexity index is 907. The van der Waals surface area contributed by atoms with Gasteiger partial charge in [-0.1, -0.05) is 0 Å². The van der Waals surface area contributed by atoms with Crippen molar-refractivity contribution in [3.05, 3.63) is 29.3 Å². The molecule has 0 radical (unpaired) electrons. The SMILES string of the molecule is O=C1CCC(N2C(=O)c3ccc(NCC4CCNC45CC5)cc3C2=O)C(=O)N1. The van der Waals surface area contributed by atoms with Crippen molar-refractivity contribution in [2.45, 2.75) is 43.7 Å². The second kappa shape index (κ2) is 6.13. The zero-order valence-electron chi connectivity index (χ0n) is 15.4. The fourth-order valence-corrected chi connectivity index (χ4v) is 4.76. The highest BCUT2D eigenvalue weighted by atomic mass is 16.2. The molecule has 1 aromatic rings. The van der Waals surface area contributed by atoms with Gasteiger partial charge in [0, 0.05) is 24.2 Å². The molecule has 2 atom stereocenters. The van der Waals surface area contributed by atoms with E-state index in [2.05, 4.69) is 16.0 Å². The number of carbonyl (C=O) groups excluding carboxylic acids is 4. The molecule has 146 valence electrons. The molecule has 5 rings (SSSR count). The molecular formula is C20H22N4O4. The quantitative estimate of drug-likeness (QED) is 0.660. The molecule has 4 aliphatic rings. The highest BCUT2D eigenvalue weighted by Gasteiger charge is 2.51. The van der Waals surface area contributed by atoms with Crippen molar-refractivity contribution >= 4 is 29.3 Å². The van der Waals surface area contributed by atoms with Gasteiger partial charge in [0.05, 0.1) is 11.1 Å². The lowest BCUT2D eigenvalue weighted by atomic mass is 9.98. The number of nitrogens with zero attached hydrogens (tertiary/aromatic N) is 1. The molecule has 0 aromatic heterocycles. The van der Waals surface area contributed by atoms with Gasteiger partial charge in [0.2, 0.25) is 11.8 Å². The molecule has 3 N–H and O–H groups in total. The molecule has 1 aliphatic carbocycles. The zero-order chi connectivity index (χ0) is 19.5. The molecule has 1 spiro atoms. The maximum Gasteiger partial charge on any atom is 0.262 e. The monoisotopic (exact) mass is 382 g/mol.